The Morgan fingerprint density at radius 3 is 2.44 bits per heavy atom. The van der Waals surface area contributed by atoms with Crippen molar-refractivity contribution in [1.82, 2.24) is 5.32 Å². The first-order valence-electron chi connectivity index (χ1n) is 8.55. The van der Waals surface area contributed by atoms with Gasteiger partial charge >= 0.3 is 5.97 Å². The first-order chi connectivity index (χ1) is 11.6. The van der Waals surface area contributed by atoms with Crippen molar-refractivity contribution in [2.24, 2.45) is 5.41 Å². The molecule has 25 heavy (non-hydrogen) atoms. The van der Waals surface area contributed by atoms with Crippen molar-refractivity contribution < 1.29 is 23.8 Å². The van der Waals surface area contributed by atoms with E-state index in [0.29, 0.717) is 6.61 Å². The van der Waals surface area contributed by atoms with Crippen molar-refractivity contribution in [2.75, 3.05) is 6.61 Å². The van der Waals surface area contributed by atoms with Crippen LogP contribution in [0.15, 0.2) is 24.3 Å². The first kappa shape index (κ1) is 19.4. The second kappa shape index (κ2) is 7.12. The van der Waals surface area contributed by atoms with Crippen LogP contribution in [-0.4, -0.2) is 35.2 Å². The average Bonchev–Trinajstić information content (AvgIpc) is 2.53. The fourth-order valence-corrected chi connectivity index (χ4v) is 3.51. The summed E-state index contributed by atoms with van der Waals surface area (Å²) in [6.07, 6.45) is 0.180. The number of rotatable bonds is 7. The van der Waals surface area contributed by atoms with Crippen LogP contribution in [0.3, 0.4) is 0 Å². The Bertz CT molecular complexity index is 643. The summed E-state index contributed by atoms with van der Waals surface area (Å²) in [5.41, 5.74) is -1.20. The topological polar surface area (TPSA) is 75.6 Å². The molecule has 0 bridgehead atoms. The van der Waals surface area contributed by atoms with E-state index in [2.05, 4.69) is 5.32 Å². The van der Waals surface area contributed by atoms with Crippen LogP contribution in [0.1, 0.15) is 52.0 Å². The molecule has 0 spiro atoms. The molecule has 2 N–H and O–H groups in total. The van der Waals surface area contributed by atoms with Gasteiger partial charge in [0.15, 0.2) is 0 Å². The largest absolute Gasteiger partial charge is 0.479 e. The highest BCUT2D eigenvalue weighted by Crippen LogP contribution is 2.51. The Hall–Kier alpha value is -1.95. The number of carbonyl (C=O) groups is 2. The lowest BCUT2D eigenvalue weighted by Gasteiger charge is -2.58. The second-order valence-electron chi connectivity index (χ2n) is 7.29. The van der Waals surface area contributed by atoms with E-state index in [0.717, 1.165) is 5.56 Å². The molecule has 1 saturated carbocycles. The lowest BCUT2D eigenvalue weighted by Crippen LogP contribution is -2.76. The zero-order valence-electron chi connectivity index (χ0n) is 15.1. The monoisotopic (exact) mass is 351 g/mol. The van der Waals surface area contributed by atoms with Gasteiger partial charge in [0, 0.05) is 24.9 Å². The molecule has 138 valence electrons. The number of carbonyl (C=O) groups excluding carboxylic acids is 1. The van der Waals surface area contributed by atoms with Gasteiger partial charge in [0.05, 0.1) is 6.10 Å². The van der Waals surface area contributed by atoms with E-state index in [4.69, 9.17) is 4.74 Å². The molecule has 0 saturated heterocycles. The Morgan fingerprint density at radius 2 is 1.96 bits per heavy atom. The van der Waals surface area contributed by atoms with Crippen molar-refractivity contribution in [3.63, 3.8) is 0 Å². The average molecular weight is 351 g/mol. The fourth-order valence-electron chi connectivity index (χ4n) is 3.51. The van der Waals surface area contributed by atoms with Crippen molar-refractivity contribution in [3.8, 4) is 0 Å². The van der Waals surface area contributed by atoms with Gasteiger partial charge < -0.3 is 15.2 Å². The molecule has 1 aromatic carbocycles. The molecule has 1 aliphatic carbocycles. The number of aliphatic carboxylic acids is 1. The molecule has 3 unspecified atom stereocenters. The number of hydrogen-bond acceptors (Lipinski definition) is 3. The van der Waals surface area contributed by atoms with E-state index >= 15 is 0 Å². The molecule has 0 aliphatic heterocycles. The van der Waals surface area contributed by atoms with Crippen molar-refractivity contribution in [2.45, 2.75) is 58.1 Å². The number of carboxylic acid groups (broad SMARTS) is 1. The number of benzene rings is 1. The number of hydrogen-bond donors (Lipinski definition) is 2. The number of carboxylic acids is 1. The van der Waals surface area contributed by atoms with Gasteiger partial charge in [-0.3, -0.25) is 4.79 Å². The number of ether oxygens (including phenoxy) is 1. The summed E-state index contributed by atoms with van der Waals surface area (Å²) in [5, 5.41) is 12.5. The molecule has 2 rings (SSSR count). The van der Waals surface area contributed by atoms with Crippen LogP contribution >= 0.6 is 0 Å². The predicted octanol–water partition coefficient (Wildman–Crippen LogP) is 3.09. The van der Waals surface area contributed by atoms with Crippen LogP contribution in [0, 0.1) is 11.2 Å². The maximum absolute atomic E-state index is 13.0. The molecule has 1 amide bonds. The van der Waals surface area contributed by atoms with Gasteiger partial charge in [-0.25, -0.2) is 9.18 Å². The minimum Gasteiger partial charge on any atom is -0.479 e. The van der Waals surface area contributed by atoms with Crippen LogP contribution < -0.4 is 5.32 Å². The van der Waals surface area contributed by atoms with Crippen LogP contribution in [0.2, 0.25) is 0 Å². The SMILES string of the molecule is CCOC1CC(NC(=O)CC(C)c2ccc(F)cc2)(C(=O)O)C1(C)C. The van der Waals surface area contributed by atoms with Gasteiger partial charge in [-0.1, -0.05) is 32.9 Å². The zero-order valence-corrected chi connectivity index (χ0v) is 15.1. The Kier molecular flexibility index (Phi) is 5.52. The Morgan fingerprint density at radius 1 is 1.36 bits per heavy atom. The standard InChI is InChI=1S/C19H26FNO4/c1-5-25-15-11-19(17(23)24,18(15,3)4)21-16(22)10-12(2)13-6-8-14(20)9-7-13/h6-9,12,15H,5,10-11H2,1-4H3,(H,21,22)(H,23,24). The predicted molar refractivity (Wildman–Crippen MR) is 91.8 cm³/mol. The normalized spacial score (nSPS) is 25.7. The van der Waals surface area contributed by atoms with Crippen molar-refractivity contribution in [1.29, 1.82) is 0 Å². The maximum atomic E-state index is 13.0. The molecule has 6 heteroatoms. The number of amides is 1. The summed E-state index contributed by atoms with van der Waals surface area (Å²) in [6, 6.07) is 5.98. The highest BCUT2D eigenvalue weighted by atomic mass is 19.1. The summed E-state index contributed by atoms with van der Waals surface area (Å²) >= 11 is 0. The van der Waals surface area contributed by atoms with E-state index in [1.54, 1.807) is 26.0 Å². The van der Waals surface area contributed by atoms with Gasteiger partial charge in [0.1, 0.15) is 11.4 Å². The lowest BCUT2D eigenvalue weighted by atomic mass is 9.54. The lowest BCUT2D eigenvalue weighted by molar-refractivity contribution is -0.194. The molecule has 0 aromatic heterocycles. The smallest absolute Gasteiger partial charge is 0.330 e. The van der Waals surface area contributed by atoms with E-state index in [-0.39, 0.29) is 36.6 Å². The maximum Gasteiger partial charge on any atom is 0.330 e. The van der Waals surface area contributed by atoms with Crippen LogP contribution in [-0.2, 0) is 14.3 Å². The van der Waals surface area contributed by atoms with E-state index < -0.39 is 16.9 Å². The first-order valence-corrected chi connectivity index (χ1v) is 8.55. The van der Waals surface area contributed by atoms with Gasteiger partial charge in [-0.15, -0.1) is 0 Å². The van der Waals surface area contributed by atoms with Crippen molar-refractivity contribution >= 4 is 11.9 Å². The summed E-state index contributed by atoms with van der Waals surface area (Å²) in [6.45, 7) is 7.82. The second-order valence-corrected chi connectivity index (χ2v) is 7.29. The molecule has 1 aromatic rings. The Balaban J connectivity index is 2.07. The number of halogens is 1. The Labute approximate surface area is 147 Å². The van der Waals surface area contributed by atoms with Crippen molar-refractivity contribution in [3.05, 3.63) is 35.6 Å². The summed E-state index contributed by atoms with van der Waals surface area (Å²) in [7, 11) is 0. The quantitative estimate of drug-likeness (QED) is 0.791. The van der Waals surface area contributed by atoms with Crippen LogP contribution in [0.25, 0.3) is 0 Å². The van der Waals surface area contributed by atoms with E-state index in [9.17, 15) is 19.1 Å². The summed E-state index contributed by atoms with van der Waals surface area (Å²) in [4.78, 5) is 24.4. The fraction of sp³-hybridized carbons (Fsp3) is 0.579. The molecule has 1 aliphatic rings. The zero-order chi connectivity index (χ0) is 18.8. The van der Waals surface area contributed by atoms with Gasteiger partial charge in [0.25, 0.3) is 0 Å². The minimum absolute atomic E-state index is 0.135. The molecular weight excluding hydrogens is 325 g/mol. The number of nitrogens with one attached hydrogen (secondary N) is 1. The van der Waals surface area contributed by atoms with E-state index in [1.165, 1.54) is 12.1 Å². The molecule has 5 nitrogen and oxygen atoms in total. The van der Waals surface area contributed by atoms with E-state index in [1.807, 2.05) is 13.8 Å². The minimum atomic E-state index is -1.33. The molecule has 1 fully saturated rings. The van der Waals surface area contributed by atoms with Gasteiger partial charge in [-0.05, 0) is 30.5 Å². The highest BCUT2D eigenvalue weighted by molar-refractivity contribution is 5.89. The molecule has 0 radical (unpaired) electrons. The summed E-state index contributed by atoms with van der Waals surface area (Å²) in [5.74, 6) is -1.85. The third kappa shape index (κ3) is 3.54. The third-order valence-electron chi connectivity index (χ3n) is 5.41. The molecular formula is C19H26FNO4. The molecule has 0 heterocycles. The van der Waals surface area contributed by atoms with Gasteiger partial charge in [0.2, 0.25) is 5.91 Å². The van der Waals surface area contributed by atoms with Crippen LogP contribution in [0.4, 0.5) is 4.39 Å². The summed E-state index contributed by atoms with van der Waals surface area (Å²) < 4.78 is 18.6. The third-order valence-corrected chi connectivity index (χ3v) is 5.41. The van der Waals surface area contributed by atoms with Gasteiger partial charge in [-0.2, -0.15) is 0 Å². The van der Waals surface area contributed by atoms with Crippen LogP contribution in [0.5, 0.6) is 0 Å². The highest BCUT2D eigenvalue weighted by Gasteiger charge is 2.66. The molecule has 3 atom stereocenters.